The Bertz CT molecular complexity index is 268. The smallest absolute Gasteiger partial charge is 0.0910 e. The molecule has 80 valence electrons. The molecule has 0 N–H and O–H groups in total. The minimum absolute atomic E-state index is 0.319. The third-order valence-electron chi connectivity index (χ3n) is 2.28. The van der Waals surface area contributed by atoms with Crippen molar-refractivity contribution < 1.29 is 4.74 Å². The van der Waals surface area contributed by atoms with Crippen LogP contribution in [0.1, 0.15) is 45.9 Å². The monoisotopic (exact) mass is 196 g/mol. The van der Waals surface area contributed by atoms with Crippen molar-refractivity contribution in [1.82, 2.24) is 9.78 Å². The van der Waals surface area contributed by atoms with Crippen molar-refractivity contribution in [3.8, 4) is 0 Å². The molecule has 0 aliphatic heterocycles. The van der Waals surface area contributed by atoms with Crippen LogP contribution in [-0.2, 0) is 11.3 Å². The molecule has 1 aromatic heterocycles. The fourth-order valence-corrected chi connectivity index (χ4v) is 1.09. The van der Waals surface area contributed by atoms with E-state index >= 15 is 0 Å². The molecule has 0 saturated heterocycles. The molecule has 0 radical (unpaired) electrons. The molecule has 3 nitrogen and oxygen atoms in total. The van der Waals surface area contributed by atoms with Gasteiger partial charge in [0, 0.05) is 12.2 Å². The highest BCUT2D eigenvalue weighted by molar-refractivity contribution is 4.97. The van der Waals surface area contributed by atoms with E-state index in [9.17, 15) is 0 Å². The van der Waals surface area contributed by atoms with Crippen LogP contribution < -0.4 is 0 Å². The van der Waals surface area contributed by atoms with Crippen molar-refractivity contribution in [3.05, 3.63) is 18.0 Å². The number of hydrogen-bond donors (Lipinski definition) is 0. The molecule has 1 heterocycles. The largest absolute Gasteiger partial charge is 0.372 e. The Balaban J connectivity index is 2.44. The lowest BCUT2D eigenvalue weighted by atomic mass is 10.3. The molecule has 3 heteroatoms. The van der Waals surface area contributed by atoms with E-state index in [0.717, 1.165) is 12.1 Å². The first-order chi connectivity index (χ1) is 6.63. The van der Waals surface area contributed by atoms with E-state index in [-0.39, 0.29) is 0 Å². The average Bonchev–Trinajstić information content (AvgIpc) is 2.62. The summed E-state index contributed by atoms with van der Waals surface area (Å²) in [7, 11) is 0. The molecular formula is C11H20N2O. The Morgan fingerprint density at radius 2 is 2.14 bits per heavy atom. The quantitative estimate of drug-likeness (QED) is 0.724. The van der Waals surface area contributed by atoms with Crippen LogP contribution in [0.4, 0.5) is 0 Å². The predicted molar refractivity (Wildman–Crippen MR) is 57.2 cm³/mol. The van der Waals surface area contributed by atoms with E-state index in [0.29, 0.717) is 18.8 Å². The van der Waals surface area contributed by atoms with Gasteiger partial charge in [-0.1, -0.05) is 6.92 Å². The maximum absolute atomic E-state index is 5.59. The van der Waals surface area contributed by atoms with Crippen molar-refractivity contribution in [2.24, 2.45) is 0 Å². The molecule has 0 spiro atoms. The maximum Gasteiger partial charge on any atom is 0.0910 e. The third-order valence-corrected chi connectivity index (χ3v) is 2.28. The van der Waals surface area contributed by atoms with E-state index in [1.54, 1.807) is 0 Å². The summed E-state index contributed by atoms with van der Waals surface area (Å²) in [6, 6.07) is 2.44. The molecule has 0 bridgehead atoms. The summed E-state index contributed by atoms with van der Waals surface area (Å²) in [5, 5.41) is 4.41. The number of nitrogens with zero attached hydrogens (tertiary/aromatic N) is 2. The van der Waals surface area contributed by atoms with Crippen molar-refractivity contribution in [2.45, 2.75) is 52.9 Å². The summed E-state index contributed by atoms with van der Waals surface area (Å²) in [4.78, 5) is 0. The summed E-state index contributed by atoms with van der Waals surface area (Å²) in [5.41, 5.74) is 1.01. The molecule has 0 fully saturated rings. The van der Waals surface area contributed by atoms with Crippen LogP contribution in [0.5, 0.6) is 0 Å². The summed E-state index contributed by atoms with van der Waals surface area (Å²) in [6.07, 6.45) is 3.37. The van der Waals surface area contributed by atoms with Crippen LogP contribution in [0.25, 0.3) is 0 Å². The zero-order chi connectivity index (χ0) is 10.6. The minimum atomic E-state index is 0.319. The first-order valence-corrected chi connectivity index (χ1v) is 5.29. The fraction of sp³-hybridized carbons (Fsp3) is 0.727. The SMILES string of the molecule is CC[C@@H](C)OCc1ccn(C(C)C)n1. The average molecular weight is 196 g/mol. The highest BCUT2D eigenvalue weighted by Crippen LogP contribution is 2.07. The second-order valence-electron chi connectivity index (χ2n) is 3.91. The number of hydrogen-bond acceptors (Lipinski definition) is 2. The van der Waals surface area contributed by atoms with E-state index in [4.69, 9.17) is 4.74 Å². The van der Waals surface area contributed by atoms with Crippen LogP contribution in [-0.4, -0.2) is 15.9 Å². The number of aromatic nitrogens is 2. The van der Waals surface area contributed by atoms with Gasteiger partial charge in [-0.05, 0) is 33.3 Å². The molecule has 0 amide bonds. The summed E-state index contributed by atoms with van der Waals surface area (Å²) in [6.45, 7) is 9.06. The lowest BCUT2D eigenvalue weighted by Gasteiger charge is -2.08. The van der Waals surface area contributed by atoms with Gasteiger partial charge < -0.3 is 4.74 Å². The van der Waals surface area contributed by atoms with E-state index < -0.39 is 0 Å². The van der Waals surface area contributed by atoms with Gasteiger partial charge in [0.1, 0.15) is 0 Å². The molecule has 1 atom stereocenters. The van der Waals surface area contributed by atoms with Crippen molar-refractivity contribution in [3.63, 3.8) is 0 Å². The normalized spacial score (nSPS) is 13.5. The van der Waals surface area contributed by atoms with E-state index in [2.05, 4.69) is 32.8 Å². The second-order valence-corrected chi connectivity index (χ2v) is 3.91. The Kier molecular flexibility index (Phi) is 4.14. The van der Waals surface area contributed by atoms with Gasteiger partial charge >= 0.3 is 0 Å². The van der Waals surface area contributed by atoms with Crippen LogP contribution in [0.2, 0.25) is 0 Å². The van der Waals surface area contributed by atoms with E-state index in [1.165, 1.54) is 0 Å². The molecule has 0 saturated carbocycles. The first-order valence-electron chi connectivity index (χ1n) is 5.29. The van der Waals surface area contributed by atoms with Crippen molar-refractivity contribution in [1.29, 1.82) is 0 Å². The molecular weight excluding hydrogens is 176 g/mol. The second kappa shape index (κ2) is 5.15. The third kappa shape index (κ3) is 3.14. The van der Waals surface area contributed by atoms with Crippen molar-refractivity contribution >= 4 is 0 Å². The fourth-order valence-electron chi connectivity index (χ4n) is 1.09. The van der Waals surface area contributed by atoms with Gasteiger partial charge in [0.25, 0.3) is 0 Å². The lowest BCUT2D eigenvalue weighted by molar-refractivity contribution is 0.0485. The Morgan fingerprint density at radius 3 is 2.64 bits per heavy atom. The summed E-state index contributed by atoms with van der Waals surface area (Å²) < 4.78 is 7.55. The van der Waals surface area contributed by atoms with E-state index in [1.807, 2.05) is 16.9 Å². The minimum Gasteiger partial charge on any atom is -0.372 e. The number of ether oxygens (including phenoxy) is 1. The number of rotatable bonds is 5. The Morgan fingerprint density at radius 1 is 1.43 bits per heavy atom. The molecule has 0 unspecified atom stereocenters. The highest BCUT2D eigenvalue weighted by atomic mass is 16.5. The predicted octanol–water partition coefficient (Wildman–Crippen LogP) is 2.78. The molecule has 0 aliphatic carbocycles. The Labute approximate surface area is 86.1 Å². The van der Waals surface area contributed by atoms with Crippen LogP contribution in [0.3, 0.4) is 0 Å². The highest BCUT2D eigenvalue weighted by Gasteiger charge is 2.04. The topological polar surface area (TPSA) is 27.1 Å². The van der Waals surface area contributed by atoms with Crippen LogP contribution in [0.15, 0.2) is 12.3 Å². The summed E-state index contributed by atoms with van der Waals surface area (Å²) >= 11 is 0. The molecule has 0 aliphatic rings. The van der Waals surface area contributed by atoms with Gasteiger partial charge in [0.15, 0.2) is 0 Å². The zero-order valence-corrected chi connectivity index (χ0v) is 9.53. The molecule has 1 aromatic rings. The van der Waals surface area contributed by atoms with Gasteiger partial charge in [-0.2, -0.15) is 5.10 Å². The van der Waals surface area contributed by atoms with Crippen molar-refractivity contribution in [2.75, 3.05) is 0 Å². The standard InChI is InChI=1S/C11H20N2O/c1-5-10(4)14-8-11-6-7-13(12-11)9(2)3/h6-7,9-10H,5,8H2,1-4H3/t10-/m1/s1. The van der Waals surface area contributed by atoms with Gasteiger partial charge in [0.2, 0.25) is 0 Å². The lowest BCUT2D eigenvalue weighted by Crippen LogP contribution is -2.07. The van der Waals surface area contributed by atoms with Gasteiger partial charge in [-0.3, -0.25) is 4.68 Å². The van der Waals surface area contributed by atoms with Gasteiger partial charge in [-0.25, -0.2) is 0 Å². The maximum atomic E-state index is 5.59. The molecule has 0 aromatic carbocycles. The zero-order valence-electron chi connectivity index (χ0n) is 9.53. The molecule has 14 heavy (non-hydrogen) atoms. The van der Waals surface area contributed by atoms with Gasteiger partial charge in [-0.15, -0.1) is 0 Å². The Hall–Kier alpha value is -0.830. The molecule has 1 rings (SSSR count). The van der Waals surface area contributed by atoms with Crippen LogP contribution in [0, 0.1) is 0 Å². The van der Waals surface area contributed by atoms with Gasteiger partial charge in [0.05, 0.1) is 18.4 Å². The first kappa shape index (κ1) is 11.2. The van der Waals surface area contributed by atoms with Crippen LogP contribution >= 0.6 is 0 Å². The summed E-state index contributed by atoms with van der Waals surface area (Å²) in [5.74, 6) is 0.